The van der Waals surface area contributed by atoms with Crippen LogP contribution in [-0.4, -0.2) is 24.3 Å². The van der Waals surface area contributed by atoms with Crippen molar-refractivity contribution in [1.29, 1.82) is 0 Å². The standard InChI is InChI=1S/C14H23N3O2/c1-2-6-18-12-8-11(9-16-10-12)14(17-15)13-5-3-4-7-19-13/h8-10,13-14,17H,2-7,15H2,1H3. The summed E-state index contributed by atoms with van der Waals surface area (Å²) in [5.41, 5.74) is 3.87. The van der Waals surface area contributed by atoms with Gasteiger partial charge < -0.3 is 9.47 Å². The number of ether oxygens (including phenoxy) is 2. The summed E-state index contributed by atoms with van der Waals surface area (Å²) in [6, 6.07) is 1.96. The quantitative estimate of drug-likeness (QED) is 0.607. The smallest absolute Gasteiger partial charge is 0.137 e. The largest absolute Gasteiger partial charge is 0.492 e. The molecule has 2 unspecified atom stereocenters. The number of nitrogens with two attached hydrogens (primary N) is 1. The maximum Gasteiger partial charge on any atom is 0.137 e. The van der Waals surface area contributed by atoms with Gasteiger partial charge >= 0.3 is 0 Å². The normalized spacial score (nSPS) is 21.1. The molecule has 5 heteroatoms. The second-order valence-corrected chi connectivity index (χ2v) is 4.85. The molecule has 2 atom stereocenters. The van der Waals surface area contributed by atoms with Gasteiger partial charge in [-0.1, -0.05) is 6.92 Å². The number of hydrogen-bond donors (Lipinski definition) is 2. The monoisotopic (exact) mass is 265 g/mol. The van der Waals surface area contributed by atoms with E-state index in [1.54, 1.807) is 6.20 Å². The molecule has 0 saturated carbocycles. The van der Waals surface area contributed by atoms with E-state index in [2.05, 4.69) is 17.3 Å². The van der Waals surface area contributed by atoms with Crippen molar-refractivity contribution in [1.82, 2.24) is 10.4 Å². The number of hydrogen-bond acceptors (Lipinski definition) is 5. The van der Waals surface area contributed by atoms with Crippen molar-refractivity contribution in [3.8, 4) is 5.75 Å². The van der Waals surface area contributed by atoms with Crippen LogP contribution in [0.15, 0.2) is 18.5 Å². The summed E-state index contributed by atoms with van der Waals surface area (Å²) in [5.74, 6) is 6.47. The van der Waals surface area contributed by atoms with Crippen LogP contribution < -0.4 is 16.0 Å². The Labute approximate surface area is 114 Å². The van der Waals surface area contributed by atoms with Gasteiger partial charge in [-0.05, 0) is 37.3 Å². The number of nitrogens with zero attached hydrogens (tertiary/aromatic N) is 1. The van der Waals surface area contributed by atoms with E-state index in [0.29, 0.717) is 6.61 Å². The Kier molecular flexibility index (Phi) is 5.57. The van der Waals surface area contributed by atoms with Crippen LogP contribution in [-0.2, 0) is 4.74 Å². The van der Waals surface area contributed by atoms with Crippen molar-refractivity contribution >= 4 is 0 Å². The van der Waals surface area contributed by atoms with Gasteiger partial charge in [-0.3, -0.25) is 16.3 Å². The van der Waals surface area contributed by atoms with Gasteiger partial charge in [-0.2, -0.15) is 0 Å². The van der Waals surface area contributed by atoms with E-state index in [1.165, 1.54) is 6.42 Å². The van der Waals surface area contributed by atoms with Crippen LogP contribution in [0.2, 0.25) is 0 Å². The summed E-state index contributed by atoms with van der Waals surface area (Å²) < 4.78 is 11.4. The highest BCUT2D eigenvalue weighted by Gasteiger charge is 2.25. The summed E-state index contributed by atoms with van der Waals surface area (Å²) in [6.45, 7) is 3.59. The highest BCUT2D eigenvalue weighted by atomic mass is 16.5. The predicted octanol–water partition coefficient (Wildman–Crippen LogP) is 1.94. The number of nitrogens with one attached hydrogen (secondary N) is 1. The van der Waals surface area contributed by atoms with E-state index >= 15 is 0 Å². The third-order valence-electron chi connectivity index (χ3n) is 3.33. The molecule has 1 aromatic heterocycles. The van der Waals surface area contributed by atoms with Gasteiger partial charge in [0.15, 0.2) is 0 Å². The van der Waals surface area contributed by atoms with Crippen molar-refractivity contribution in [2.45, 2.75) is 44.8 Å². The molecule has 1 fully saturated rings. The van der Waals surface area contributed by atoms with Gasteiger partial charge in [0.2, 0.25) is 0 Å². The summed E-state index contributed by atoms with van der Waals surface area (Å²) in [7, 11) is 0. The first-order valence-electron chi connectivity index (χ1n) is 7.00. The SMILES string of the molecule is CCCOc1cncc(C(NN)C2CCCCO2)c1. The highest BCUT2D eigenvalue weighted by molar-refractivity contribution is 5.26. The van der Waals surface area contributed by atoms with Crippen molar-refractivity contribution in [2.24, 2.45) is 5.84 Å². The zero-order valence-corrected chi connectivity index (χ0v) is 11.5. The third kappa shape index (κ3) is 3.89. The lowest BCUT2D eigenvalue weighted by Gasteiger charge is -2.30. The van der Waals surface area contributed by atoms with E-state index in [0.717, 1.165) is 37.2 Å². The Balaban J connectivity index is 2.08. The lowest BCUT2D eigenvalue weighted by atomic mass is 9.97. The minimum absolute atomic E-state index is 0.0297. The Hall–Kier alpha value is -1.17. The van der Waals surface area contributed by atoms with Gasteiger partial charge in [0, 0.05) is 12.8 Å². The summed E-state index contributed by atoms with van der Waals surface area (Å²) in [6.07, 6.45) is 7.98. The Morgan fingerprint density at radius 2 is 2.42 bits per heavy atom. The maximum atomic E-state index is 5.80. The fraction of sp³-hybridized carbons (Fsp3) is 0.643. The van der Waals surface area contributed by atoms with E-state index in [4.69, 9.17) is 15.3 Å². The van der Waals surface area contributed by atoms with Gasteiger partial charge in [0.05, 0.1) is 24.9 Å². The molecule has 2 heterocycles. The number of aromatic nitrogens is 1. The van der Waals surface area contributed by atoms with Crippen molar-refractivity contribution in [3.63, 3.8) is 0 Å². The fourth-order valence-electron chi connectivity index (χ4n) is 2.35. The van der Waals surface area contributed by atoms with E-state index in [-0.39, 0.29) is 12.1 Å². The average molecular weight is 265 g/mol. The fourth-order valence-corrected chi connectivity index (χ4v) is 2.35. The highest BCUT2D eigenvalue weighted by Crippen LogP contribution is 2.27. The van der Waals surface area contributed by atoms with Crippen LogP contribution in [0.5, 0.6) is 5.75 Å². The summed E-state index contributed by atoms with van der Waals surface area (Å²) in [4.78, 5) is 4.23. The van der Waals surface area contributed by atoms with E-state index < -0.39 is 0 Å². The Morgan fingerprint density at radius 1 is 1.53 bits per heavy atom. The molecule has 2 rings (SSSR count). The van der Waals surface area contributed by atoms with Crippen molar-refractivity contribution in [2.75, 3.05) is 13.2 Å². The minimum Gasteiger partial charge on any atom is -0.492 e. The van der Waals surface area contributed by atoms with Gasteiger partial charge in [0.25, 0.3) is 0 Å². The number of pyridine rings is 1. The predicted molar refractivity (Wildman–Crippen MR) is 73.7 cm³/mol. The van der Waals surface area contributed by atoms with Crippen LogP contribution in [0.25, 0.3) is 0 Å². The maximum absolute atomic E-state index is 5.80. The first-order chi connectivity index (χ1) is 9.35. The number of rotatable bonds is 6. The molecule has 0 bridgehead atoms. The molecule has 0 radical (unpaired) electrons. The van der Waals surface area contributed by atoms with E-state index in [9.17, 15) is 0 Å². The molecule has 0 aromatic carbocycles. The molecule has 0 amide bonds. The van der Waals surface area contributed by atoms with Crippen LogP contribution in [0, 0.1) is 0 Å². The molecule has 3 N–H and O–H groups in total. The molecule has 1 aromatic rings. The zero-order chi connectivity index (χ0) is 13.5. The van der Waals surface area contributed by atoms with Crippen LogP contribution in [0.1, 0.15) is 44.2 Å². The molecule has 1 aliphatic rings. The molecular weight excluding hydrogens is 242 g/mol. The summed E-state index contributed by atoms with van der Waals surface area (Å²) in [5, 5.41) is 0. The molecule has 0 spiro atoms. The zero-order valence-electron chi connectivity index (χ0n) is 11.5. The molecule has 5 nitrogen and oxygen atoms in total. The topological polar surface area (TPSA) is 69.4 Å². The van der Waals surface area contributed by atoms with Crippen molar-refractivity contribution in [3.05, 3.63) is 24.0 Å². The first-order valence-corrected chi connectivity index (χ1v) is 7.00. The number of hydrazine groups is 1. The summed E-state index contributed by atoms with van der Waals surface area (Å²) >= 11 is 0. The van der Waals surface area contributed by atoms with Crippen LogP contribution in [0.3, 0.4) is 0 Å². The molecule has 106 valence electrons. The molecule has 1 aliphatic heterocycles. The lowest BCUT2D eigenvalue weighted by molar-refractivity contribution is -0.00832. The molecule has 1 saturated heterocycles. The van der Waals surface area contributed by atoms with Crippen molar-refractivity contribution < 1.29 is 9.47 Å². The average Bonchev–Trinajstić information content (AvgIpc) is 2.47. The van der Waals surface area contributed by atoms with Gasteiger partial charge in [-0.25, -0.2) is 0 Å². The second-order valence-electron chi connectivity index (χ2n) is 4.85. The first kappa shape index (κ1) is 14.2. The Morgan fingerprint density at radius 3 is 3.11 bits per heavy atom. The molecular formula is C14H23N3O2. The van der Waals surface area contributed by atoms with Crippen LogP contribution in [0.4, 0.5) is 0 Å². The lowest BCUT2D eigenvalue weighted by Crippen LogP contribution is -2.39. The van der Waals surface area contributed by atoms with Gasteiger partial charge in [-0.15, -0.1) is 0 Å². The second kappa shape index (κ2) is 7.43. The molecule has 0 aliphatic carbocycles. The minimum atomic E-state index is -0.0297. The van der Waals surface area contributed by atoms with E-state index in [1.807, 2.05) is 12.3 Å². The molecule has 19 heavy (non-hydrogen) atoms. The third-order valence-corrected chi connectivity index (χ3v) is 3.33. The Bertz CT molecular complexity index is 381. The van der Waals surface area contributed by atoms with Gasteiger partial charge in [0.1, 0.15) is 5.75 Å². The van der Waals surface area contributed by atoms with Crippen LogP contribution >= 0.6 is 0 Å².